The van der Waals surface area contributed by atoms with Crippen LogP contribution in [0.1, 0.15) is 45.6 Å². The van der Waals surface area contributed by atoms with E-state index in [9.17, 15) is 9.59 Å². The summed E-state index contributed by atoms with van der Waals surface area (Å²) in [5.41, 5.74) is 7.37. The average Bonchev–Trinajstić information content (AvgIpc) is 3.25. The average molecular weight is 498 g/mol. The van der Waals surface area contributed by atoms with Crippen molar-refractivity contribution in [3.05, 3.63) is 48.5 Å². The summed E-state index contributed by atoms with van der Waals surface area (Å²) >= 11 is 0. The Balaban J connectivity index is 1.43. The first-order valence-electron chi connectivity index (χ1n) is 12.1. The van der Waals surface area contributed by atoms with Crippen molar-refractivity contribution in [1.82, 2.24) is 29.7 Å². The highest BCUT2D eigenvalue weighted by molar-refractivity contribution is 5.81. The van der Waals surface area contributed by atoms with Crippen LogP contribution in [0.2, 0.25) is 0 Å². The molecule has 11 heteroatoms. The van der Waals surface area contributed by atoms with Crippen molar-refractivity contribution in [2.75, 3.05) is 25.4 Å². The minimum atomic E-state index is -0.595. The molecule has 194 valence electrons. The fourth-order valence-electron chi connectivity index (χ4n) is 3.48. The molecule has 3 rings (SSSR count). The monoisotopic (exact) mass is 497 g/mol. The molecule has 2 heterocycles. The lowest BCUT2D eigenvalue weighted by Crippen LogP contribution is -2.39. The zero-order chi connectivity index (χ0) is 26.0. The van der Waals surface area contributed by atoms with Crippen molar-refractivity contribution >= 4 is 29.2 Å². The minimum Gasteiger partial charge on any atom is -0.445 e. The van der Waals surface area contributed by atoms with E-state index in [0.29, 0.717) is 43.2 Å². The summed E-state index contributed by atoms with van der Waals surface area (Å²) in [6.45, 7) is 7.70. The van der Waals surface area contributed by atoms with Crippen LogP contribution in [0, 0.1) is 0 Å². The van der Waals surface area contributed by atoms with Gasteiger partial charge in [-0.1, -0.05) is 30.3 Å². The molecule has 0 fully saturated rings. The van der Waals surface area contributed by atoms with Gasteiger partial charge in [0, 0.05) is 26.2 Å². The maximum absolute atomic E-state index is 12.8. The van der Waals surface area contributed by atoms with Gasteiger partial charge in [0.15, 0.2) is 11.5 Å². The zero-order valence-electron chi connectivity index (χ0n) is 21.1. The number of benzene rings is 1. The third kappa shape index (κ3) is 8.40. The number of nitrogens with two attached hydrogens (primary N) is 1. The van der Waals surface area contributed by atoms with E-state index in [1.807, 2.05) is 55.7 Å². The predicted octanol–water partition coefficient (Wildman–Crippen LogP) is 3.74. The standard InChI is InChI=1S/C25H35N7O4/c1-25(2,3)36-24(34)31(14-15-32-18-30-20-21(26)28-17-29-22(20)32)13-9-5-8-12-27-23(33)35-16-19-10-6-4-7-11-19/h4,6-7,10-11,17-18H,5,8-9,12-16H2,1-3H3,(H,27,33)(H2,26,28,29). The molecule has 0 aliphatic carbocycles. The molecule has 0 saturated heterocycles. The highest BCUT2D eigenvalue weighted by Gasteiger charge is 2.22. The Kier molecular flexibility index (Phi) is 9.43. The first-order valence-corrected chi connectivity index (χ1v) is 12.1. The number of alkyl carbamates (subject to hydrolysis) is 1. The van der Waals surface area contributed by atoms with Crippen LogP contribution in [-0.4, -0.2) is 61.8 Å². The molecule has 36 heavy (non-hydrogen) atoms. The Bertz CT molecular complexity index is 1130. The maximum Gasteiger partial charge on any atom is 0.410 e. The van der Waals surface area contributed by atoms with Gasteiger partial charge in [-0.05, 0) is 45.6 Å². The second-order valence-electron chi connectivity index (χ2n) is 9.39. The zero-order valence-corrected chi connectivity index (χ0v) is 21.1. The number of imidazole rings is 1. The number of amides is 2. The van der Waals surface area contributed by atoms with Crippen LogP contribution in [0.5, 0.6) is 0 Å². The number of carbonyl (C=O) groups excluding carboxylic acids is 2. The number of hydrogen-bond donors (Lipinski definition) is 2. The van der Waals surface area contributed by atoms with E-state index in [1.54, 1.807) is 11.2 Å². The van der Waals surface area contributed by atoms with Crippen molar-refractivity contribution in [3.63, 3.8) is 0 Å². The number of carbonyl (C=O) groups is 2. The molecule has 2 amide bonds. The summed E-state index contributed by atoms with van der Waals surface area (Å²) in [7, 11) is 0. The molecule has 0 saturated carbocycles. The fourth-order valence-corrected chi connectivity index (χ4v) is 3.48. The lowest BCUT2D eigenvalue weighted by molar-refractivity contribution is 0.0241. The van der Waals surface area contributed by atoms with Gasteiger partial charge < -0.3 is 30.0 Å². The van der Waals surface area contributed by atoms with E-state index in [0.717, 1.165) is 24.8 Å². The quantitative estimate of drug-likeness (QED) is 0.382. The van der Waals surface area contributed by atoms with E-state index < -0.39 is 11.7 Å². The molecule has 0 spiro atoms. The highest BCUT2D eigenvalue weighted by atomic mass is 16.6. The molecular weight excluding hydrogens is 462 g/mol. The number of hydrogen-bond acceptors (Lipinski definition) is 8. The van der Waals surface area contributed by atoms with Gasteiger partial charge in [0.05, 0.1) is 6.33 Å². The summed E-state index contributed by atoms with van der Waals surface area (Å²) in [6, 6.07) is 9.53. The van der Waals surface area contributed by atoms with Crippen molar-refractivity contribution < 1.29 is 19.1 Å². The first kappa shape index (κ1) is 26.7. The normalized spacial score (nSPS) is 11.3. The van der Waals surface area contributed by atoms with Gasteiger partial charge >= 0.3 is 12.2 Å². The second-order valence-corrected chi connectivity index (χ2v) is 9.39. The van der Waals surface area contributed by atoms with Crippen LogP contribution in [0.4, 0.5) is 15.4 Å². The number of aromatic nitrogens is 4. The van der Waals surface area contributed by atoms with Crippen LogP contribution in [-0.2, 0) is 22.6 Å². The van der Waals surface area contributed by atoms with Gasteiger partial charge in [0.2, 0.25) is 0 Å². The largest absolute Gasteiger partial charge is 0.445 e. The molecule has 3 N–H and O–H groups in total. The first-order chi connectivity index (χ1) is 17.2. The molecule has 0 radical (unpaired) electrons. The van der Waals surface area contributed by atoms with Gasteiger partial charge in [-0.15, -0.1) is 0 Å². The van der Waals surface area contributed by atoms with E-state index in [1.165, 1.54) is 6.33 Å². The Hall–Kier alpha value is -3.89. The summed E-state index contributed by atoms with van der Waals surface area (Å²) < 4.78 is 12.6. The number of rotatable bonds is 11. The Morgan fingerprint density at radius 1 is 1.06 bits per heavy atom. The Morgan fingerprint density at radius 2 is 1.83 bits per heavy atom. The molecule has 1 aromatic carbocycles. The molecular formula is C25H35N7O4. The summed E-state index contributed by atoms with van der Waals surface area (Å²) in [4.78, 5) is 38.8. The lowest BCUT2D eigenvalue weighted by atomic mass is 10.2. The third-order valence-corrected chi connectivity index (χ3v) is 5.28. The summed E-state index contributed by atoms with van der Waals surface area (Å²) in [5.74, 6) is 0.320. The van der Waals surface area contributed by atoms with Gasteiger partial charge in [0.25, 0.3) is 0 Å². The van der Waals surface area contributed by atoms with E-state index in [-0.39, 0.29) is 12.7 Å². The smallest absolute Gasteiger partial charge is 0.410 e. The molecule has 0 unspecified atom stereocenters. The van der Waals surface area contributed by atoms with Gasteiger partial charge in [-0.2, -0.15) is 0 Å². The van der Waals surface area contributed by atoms with Crippen LogP contribution >= 0.6 is 0 Å². The maximum atomic E-state index is 12.8. The third-order valence-electron chi connectivity index (χ3n) is 5.28. The van der Waals surface area contributed by atoms with Gasteiger partial charge in [-0.25, -0.2) is 24.5 Å². The van der Waals surface area contributed by atoms with E-state index in [4.69, 9.17) is 15.2 Å². The van der Waals surface area contributed by atoms with Crippen molar-refractivity contribution in [1.29, 1.82) is 0 Å². The number of ether oxygens (including phenoxy) is 2. The van der Waals surface area contributed by atoms with Crippen molar-refractivity contribution in [3.8, 4) is 0 Å². The fraction of sp³-hybridized carbons (Fsp3) is 0.480. The molecule has 2 aromatic heterocycles. The Labute approximate surface area is 211 Å². The number of nitrogens with zero attached hydrogens (tertiary/aromatic N) is 5. The molecule has 0 aliphatic rings. The number of nitrogen functional groups attached to an aromatic ring is 1. The molecule has 0 bridgehead atoms. The van der Waals surface area contributed by atoms with E-state index in [2.05, 4.69) is 20.3 Å². The molecule has 11 nitrogen and oxygen atoms in total. The molecule has 0 aliphatic heterocycles. The molecule has 3 aromatic rings. The van der Waals surface area contributed by atoms with Gasteiger partial charge in [-0.3, -0.25) is 0 Å². The number of unbranched alkanes of at least 4 members (excludes halogenated alkanes) is 2. The topological polar surface area (TPSA) is 137 Å². The number of fused-ring (bicyclic) bond motifs is 1. The summed E-state index contributed by atoms with van der Waals surface area (Å²) in [5, 5.41) is 2.76. The second kappa shape index (κ2) is 12.7. The minimum absolute atomic E-state index is 0.238. The number of anilines is 1. The lowest BCUT2D eigenvalue weighted by Gasteiger charge is -2.27. The van der Waals surface area contributed by atoms with Crippen molar-refractivity contribution in [2.24, 2.45) is 0 Å². The van der Waals surface area contributed by atoms with Gasteiger partial charge in [0.1, 0.15) is 24.1 Å². The van der Waals surface area contributed by atoms with Crippen molar-refractivity contribution in [2.45, 2.75) is 58.8 Å². The van der Waals surface area contributed by atoms with Crippen LogP contribution < -0.4 is 11.1 Å². The predicted molar refractivity (Wildman–Crippen MR) is 136 cm³/mol. The Morgan fingerprint density at radius 3 is 2.58 bits per heavy atom. The van der Waals surface area contributed by atoms with Crippen LogP contribution in [0.25, 0.3) is 11.2 Å². The summed E-state index contributed by atoms with van der Waals surface area (Å²) in [6.07, 6.45) is 4.59. The number of nitrogens with one attached hydrogen (secondary N) is 1. The molecule has 0 atom stereocenters. The SMILES string of the molecule is CC(C)(C)OC(=O)N(CCCCCNC(=O)OCc1ccccc1)CCn1cnc2c(N)ncnc21. The van der Waals surface area contributed by atoms with E-state index >= 15 is 0 Å². The van der Waals surface area contributed by atoms with Crippen LogP contribution in [0.3, 0.4) is 0 Å². The highest BCUT2D eigenvalue weighted by Crippen LogP contribution is 2.15. The van der Waals surface area contributed by atoms with Crippen LogP contribution in [0.15, 0.2) is 43.0 Å².